The van der Waals surface area contributed by atoms with E-state index in [0.29, 0.717) is 32.0 Å². The maximum absolute atomic E-state index is 13.8. The van der Waals surface area contributed by atoms with E-state index in [4.69, 9.17) is 4.74 Å². The second-order valence-electron chi connectivity index (χ2n) is 7.92. The molecule has 9 heteroatoms. The Hall–Kier alpha value is -3.49. The van der Waals surface area contributed by atoms with Crippen molar-refractivity contribution in [3.05, 3.63) is 59.7 Å². The zero-order valence-corrected chi connectivity index (χ0v) is 18.7. The molecule has 0 bridgehead atoms. The summed E-state index contributed by atoms with van der Waals surface area (Å²) in [6, 6.07) is 8.05. The molecule has 1 fully saturated rings. The number of nitrogens with zero attached hydrogens (tertiary/aromatic N) is 6. The lowest BCUT2D eigenvalue weighted by molar-refractivity contribution is -0.138. The first kappa shape index (κ1) is 21.7. The number of piperazine rings is 1. The van der Waals surface area contributed by atoms with E-state index in [1.165, 1.54) is 12.1 Å². The van der Waals surface area contributed by atoms with Crippen LogP contribution in [0.4, 0.5) is 10.2 Å². The van der Waals surface area contributed by atoms with E-state index in [1.807, 2.05) is 31.4 Å². The maximum Gasteiger partial charge on any atom is 0.263 e. The molecule has 4 rings (SSSR count). The van der Waals surface area contributed by atoms with Gasteiger partial charge in [0.25, 0.3) is 5.91 Å². The van der Waals surface area contributed by atoms with Crippen LogP contribution in [0, 0.1) is 26.6 Å². The van der Waals surface area contributed by atoms with Gasteiger partial charge in [-0.25, -0.2) is 19.3 Å². The fraction of sp³-hybridized carbons (Fsp3) is 0.391. The minimum Gasteiger partial charge on any atom is -0.478 e. The number of aryl methyl sites for hydroxylation is 2. The number of benzene rings is 1. The average molecular weight is 439 g/mol. The van der Waals surface area contributed by atoms with Gasteiger partial charge in [0.1, 0.15) is 23.8 Å². The molecular weight excluding hydrogens is 411 g/mol. The Labute approximate surface area is 186 Å². The van der Waals surface area contributed by atoms with Gasteiger partial charge in [-0.05, 0) is 39.8 Å². The van der Waals surface area contributed by atoms with Crippen molar-refractivity contribution in [3.63, 3.8) is 0 Å². The number of halogens is 1. The Bertz CT molecular complexity index is 1120. The van der Waals surface area contributed by atoms with Crippen molar-refractivity contribution in [3.8, 4) is 11.6 Å². The van der Waals surface area contributed by atoms with Gasteiger partial charge in [-0.3, -0.25) is 9.36 Å². The summed E-state index contributed by atoms with van der Waals surface area (Å²) in [6.45, 7) is 9.83. The predicted octanol–water partition coefficient (Wildman–Crippen LogP) is 2.84. The van der Waals surface area contributed by atoms with Crippen LogP contribution in [0.15, 0.2) is 36.7 Å². The summed E-state index contributed by atoms with van der Waals surface area (Å²) >= 11 is 0. The van der Waals surface area contributed by atoms with Gasteiger partial charge >= 0.3 is 0 Å². The summed E-state index contributed by atoms with van der Waals surface area (Å²) in [5.74, 6) is 1.72. The highest BCUT2D eigenvalue weighted by atomic mass is 19.1. The van der Waals surface area contributed by atoms with Gasteiger partial charge in [-0.1, -0.05) is 12.1 Å². The van der Waals surface area contributed by atoms with Crippen LogP contribution in [-0.2, 0) is 4.79 Å². The van der Waals surface area contributed by atoms with Gasteiger partial charge in [0.05, 0.1) is 5.69 Å². The second-order valence-corrected chi connectivity index (χ2v) is 7.92. The monoisotopic (exact) mass is 438 g/mol. The van der Waals surface area contributed by atoms with Gasteiger partial charge in [0.15, 0.2) is 17.7 Å². The number of aromatic nitrogens is 4. The zero-order chi connectivity index (χ0) is 22.8. The molecule has 1 aliphatic rings. The van der Waals surface area contributed by atoms with E-state index in [-0.39, 0.29) is 11.7 Å². The highest BCUT2D eigenvalue weighted by Crippen LogP contribution is 2.21. The van der Waals surface area contributed by atoms with Crippen LogP contribution in [0.5, 0.6) is 5.75 Å². The molecule has 8 nitrogen and oxygen atoms in total. The summed E-state index contributed by atoms with van der Waals surface area (Å²) < 4.78 is 21.3. The third-order valence-corrected chi connectivity index (χ3v) is 5.71. The van der Waals surface area contributed by atoms with Gasteiger partial charge in [0, 0.05) is 37.9 Å². The lowest BCUT2D eigenvalue weighted by atomic mass is 10.2. The first-order chi connectivity index (χ1) is 15.3. The molecule has 1 amide bonds. The molecule has 1 unspecified atom stereocenters. The number of amides is 1. The summed E-state index contributed by atoms with van der Waals surface area (Å²) in [6.07, 6.45) is 1.00. The average Bonchev–Trinajstić information content (AvgIpc) is 3.12. The molecule has 0 spiro atoms. The number of anilines is 1. The van der Waals surface area contributed by atoms with Crippen LogP contribution in [0.2, 0.25) is 0 Å². The first-order valence-corrected chi connectivity index (χ1v) is 10.6. The van der Waals surface area contributed by atoms with Crippen molar-refractivity contribution in [1.82, 2.24) is 24.4 Å². The fourth-order valence-electron chi connectivity index (χ4n) is 3.75. The first-order valence-electron chi connectivity index (χ1n) is 10.6. The lowest BCUT2D eigenvalue weighted by Crippen LogP contribution is -2.52. The molecule has 0 aliphatic carbocycles. The number of para-hydroxylation sites is 1. The van der Waals surface area contributed by atoms with Crippen molar-refractivity contribution in [2.75, 3.05) is 31.1 Å². The Morgan fingerprint density at radius 1 is 1.06 bits per heavy atom. The van der Waals surface area contributed by atoms with Crippen molar-refractivity contribution in [2.45, 2.75) is 33.8 Å². The summed E-state index contributed by atoms with van der Waals surface area (Å²) in [4.78, 5) is 30.2. The molecule has 3 aromatic rings. The lowest BCUT2D eigenvalue weighted by Gasteiger charge is -2.36. The van der Waals surface area contributed by atoms with E-state index in [9.17, 15) is 9.18 Å². The second kappa shape index (κ2) is 8.94. The number of hydrogen-bond acceptors (Lipinski definition) is 6. The van der Waals surface area contributed by atoms with Crippen LogP contribution in [0.1, 0.15) is 24.1 Å². The zero-order valence-electron chi connectivity index (χ0n) is 18.7. The smallest absolute Gasteiger partial charge is 0.263 e. The summed E-state index contributed by atoms with van der Waals surface area (Å²) in [5.41, 5.74) is 2.00. The molecular formula is C23H27FN6O2. The molecule has 32 heavy (non-hydrogen) atoms. The van der Waals surface area contributed by atoms with E-state index < -0.39 is 11.9 Å². The molecule has 1 saturated heterocycles. The van der Waals surface area contributed by atoms with Gasteiger partial charge in [0.2, 0.25) is 0 Å². The minimum absolute atomic E-state index is 0.0843. The Morgan fingerprint density at radius 3 is 2.41 bits per heavy atom. The van der Waals surface area contributed by atoms with Crippen LogP contribution < -0.4 is 9.64 Å². The highest BCUT2D eigenvalue weighted by molar-refractivity contribution is 5.81. The third-order valence-electron chi connectivity index (χ3n) is 5.71. The van der Waals surface area contributed by atoms with Crippen LogP contribution in [0.25, 0.3) is 5.82 Å². The van der Waals surface area contributed by atoms with Crippen LogP contribution >= 0.6 is 0 Å². The molecule has 3 heterocycles. The number of ether oxygens (including phenoxy) is 1. The number of imidazole rings is 1. The van der Waals surface area contributed by atoms with E-state index in [2.05, 4.69) is 19.9 Å². The molecule has 1 atom stereocenters. The minimum atomic E-state index is -0.765. The number of rotatable bonds is 5. The molecule has 168 valence electrons. The summed E-state index contributed by atoms with van der Waals surface area (Å²) in [7, 11) is 0. The quantitative estimate of drug-likeness (QED) is 0.610. The SMILES string of the molecule is Cc1nc(N2CCN(C(=O)C(C)Oc3ccccc3F)CC2)cc(-n2cnc(C)c2C)n1. The van der Waals surface area contributed by atoms with E-state index in [1.54, 1.807) is 30.3 Å². The normalized spacial score (nSPS) is 15.0. The number of carbonyl (C=O) groups is 1. The predicted molar refractivity (Wildman–Crippen MR) is 119 cm³/mol. The molecule has 1 aliphatic heterocycles. The van der Waals surface area contributed by atoms with Gasteiger partial charge < -0.3 is 14.5 Å². The summed E-state index contributed by atoms with van der Waals surface area (Å²) in [5, 5.41) is 0. The molecule has 2 aromatic heterocycles. The van der Waals surface area contributed by atoms with Gasteiger partial charge in [-0.15, -0.1) is 0 Å². The van der Waals surface area contributed by atoms with E-state index in [0.717, 1.165) is 23.0 Å². The highest BCUT2D eigenvalue weighted by Gasteiger charge is 2.27. The van der Waals surface area contributed by atoms with Crippen molar-refractivity contribution < 1.29 is 13.9 Å². The topological polar surface area (TPSA) is 76.4 Å². The number of hydrogen-bond donors (Lipinski definition) is 0. The van der Waals surface area contributed by atoms with Crippen molar-refractivity contribution in [2.24, 2.45) is 0 Å². The standard InChI is InChI=1S/C23H27FN6O2/c1-15-16(2)30(14-25-15)22-13-21(26-18(4)27-22)28-9-11-29(12-10-28)23(31)17(3)32-20-8-6-5-7-19(20)24/h5-8,13-14,17H,9-12H2,1-4H3. The Kier molecular flexibility index (Phi) is 6.07. The Balaban J connectivity index is 1.42. The Morgan fingerprint density at radius 2 is 1.75 bits per heavy atom. The molecule has 0 saturated carbocycles. The van der Waals surface area contributed by atoms with Crippen LogP contribution in [0.3, 0.4) is 0 Å². The third kappa shape index (κ3) is 4.42. The van der Waals surface area contributed by atoms with Crippen LogP contribution in [-0.4, -0.2) is 62.6 Å². The van der Waals surface area contributed by atoms with Crippen molar-refractivity contribution in [1.29, 1.82) is 0 Å². The number of carbonyl (C=O) groups excluding carboxylic acids is 1. The molecule has 1 aromatic carbocycles. The fourth-order valence-corrected chi connectivity index (χ4v) is 3.75. The molecule has 0 N–H and O–H groups in total. The maximum atomic E-state index is 13.8. The van der Waals surface area contributed by atoms with Crippen molar-refractivity contribution >= 4 is 11.7 Å². The molecule has 0 radical (unpaired) electrons. The van der Waals surface area contributed by atoms with Gasteiger partial charge in [-0.2, -0.15) is 0 Å². The van der Waals surface area contributed by atoms with E-state index >= 15 is 0 Å². The largest absolute Gasteiger partial charge is 0.478 e.